The van der Waals surface area contributed by atoms with E-state index in [4.69, 9.17) is 14.2 Å². The van der Waals surface area contributed by atoms with Crippen LogP contribution in [0.2, 0.25) is 0 Å². The first-order valence-electron chi connectivity index (χ1n) is 12.0. The van der Waals surface area contributed by atoms with Crippen LogP contribution in [0.5, 0.6) is 5.75 Å². The van der Waals surface area contributed by atoms with E-state index in [1.807, 2.05) is 109 Å². The molecule has 4 nitrogen and oxygen atoms in total. The second-order valence-corrected chi connectivity index (χ2v) is 11.2. The summed E-state index contributed by atoms with van der Waals surface area (Å²) < 4.78 is 17.1. The van der Waals surface area contributed by atoms with Gasteiger partial charge in [-0.3, -0.25) is 0 Å². The molecule has 0 aromatic heterocycles. The van der Waals surface area contributed by atoms with E-state index in [-0.39, 0.29) is 5.88 Å². The highest BCUT2D eigenvalue weighted by Gasteiger charge is 2.33. The summed E-state index contributed by atoms with van der Waals surface area (Å²) in [5.41, 5.74) is 1.76. The van der Waals surface area contributed by atoms with Gasteiger partial charge in [0.2, 0.25) is 5.88 Å². The minimum Gasteiger partial charge on any atom is -0.437 e. The molecule has 1 aliphatic rings. The Kier molecular flexibility index (Phi) is 5.98. The number of hydrogen-bond donors (Lipinski definition) is 0. The third-order valence-corrected chi connectivity index (χ3v) is 9.28. The highest BCUT2D eigenvalue weighted by Crippen LogP contribution is 2.54. The van der Waals surface area contributed by atoms with E-state index in [1.54, 1.807) is 0 Å². The molecule has 176 valence electrons. The molecule has 5 aromatic carbocycles. The molecule has 0 fully saturated rings. The number of nitrogens with zero attached hydrogens (tertiary/aromatic N) is 3. The second-order valence-electron chi connectivity index (χ2n) is 8.56. The molecule has 0 saturated carbocycles. The lowest BCUT2D eigenvalue weighted by Crippen LogP contribution is -2.22. The summed E-state index contributed by atoms with van der Waals surface area (Å²) >= 11 is 0. The van der Waals surface area contributed by atoms with Crippen LogP contribution in [0.15, 0.2) is 154 Å². The fraction of sp³-hybridized carbons (Fsp3) is 0. The van der Waals surface area contributed by atoms with Gasteiger partial charge < -0.3 is 4.74 Å². The minimum absolute atomic E-state index is 0.286. The Morgan fingerprint density at radius 1 is 0.622 bits per heavy atom. The Morgan fingerprint density at radius 2 is 1.19 bits per heavy atom. The molecule has 1 aliphatic heterocycles. The molecule has 1 heterocycles. The SMILES string of the molecule is N#CC1=C(Oc2cccc3ccccc23)N=P(c2ccccc2)(c2ccccc2)N=C1c1ccccc1. The molecule has 5 aromatic rings. The quantitative estimate of drug-likeness (QED) is 0.242. The van der Waals surface area contributed by atoms with Crippen molar-refractivity contribution in [3.63, 3.8) is 0 Å². The van der Waals surface area contributed by atoms with Crippen LogP contribution in [0.1, 0.15) is 5.56 Å². The third kappa shape index (κ3) is 4.16. The Morgan fingerprint density at radius 3 is 1.84 bits per heavy atom. The average molecular weight is 496 g/mol. The van der Waals surface area contributed by atoms with Crippen molar-refractivity contribution in [3.05, 3.63) is 150 Å². The predicted molar refractivity (Wildman–Crippen MR) is 152 cm³/mol. The molecule has 0 amide bonds. The smallest absolute Gasteiger partial charge is 0.240 e. The van der Waals surface area contributed by atoms with Crippen LogP contribution in [0.25, 0.3) is 10.8 Å². The van der Waals surface area contributed by atoms with Crippen molar-refractivity contribution in [1.29, 1.82) is 5.26 Å². The maximum Gasteiger partial charge on any atom is 0.240 e. The van der Waals surface area contributed by atoms with Gasteiger partial charge in [-0.25, -0.2) is 4.76 Å². The first kappa shape index (κ1) is 22.7. The standard InChI is InChI=1S/C32H22N3OP/c33-23-29-31(25-14-4-1-5-15-25)34-37(26-17-6-2-7-18-26,27-19-8-3-9-20-27)35-32(29)36-30-22-12-16-24-13-10-11-21-28(24)30/h1-22H. The van der Waals surface area contributed by atoms with E-state index >= 15 is 0 Å². The summed E-state index contributed by atoms with van der Waals surface area (Å²) in [4.78, 5) is 0. The maximum atomic E-state index is 10.4. The highest BCUT2D eigenvalue weighted by atomic mass is 31.2. The van der Waals surface area contributed by atoms with Gasteiger partial charge in [0.05, 0.1) is 5.71 Å². The number of nitriles is 1. The normalized spacial score (nSPS) is 14.4. The second kappa shape index (κ2) is 9.74. The summed E-state index contributed by atoms with van der Waals surface area (Å²) in [6.07, 6.45) is 0. The zero-order chi connectivity index (χ0) is 25.1. The van der Waals surface area contributed by atoms with E-state index in [0.717, 1.165) is 26.9 Å². The lowest BCUT2D eigenvalue weighted by Gasteiger charge is -2.27. The first-order valence-corrected chi connectivity index (χ1v) is 13.7. The Bertz CT molecular complexity index is 1700. The molecular weight excluding hydrogens is 473 g/mol. The number of allylic oxidation sites excluding steroid dienone is 1. The molecule has 0 atom stereocenters. The fourth-order valence-electron chi connectivity index (χ4n) is 4.51. The number of fused-ring (bicyclic) bond motifs is 1. The van der Waals surface area contributed by atoms with Crippen molar-refractivity contribution < 1.29 is 4.74 Å². The fourth-order valence-corrected chi connectivity index (χ4v) is 7.40. The van der Waals surface area contributed by atoms with Crippen molar-refractivity contribution >= 4 is 34.3 Å². The summed E-state index contributed by atoms with van der Waals surface area (Å²) in [5.74, 6) is 0.937. The van der Waals surface area contributed by atoms with E-state index in [9.17, 15) is 5.26 Å². The van der Waals surface area contributed by atoms with Crippen molar-refractivity contribution in [2.24, 2.45) is 9.51 Å². The van der Waals surface area contributed by atoms with Crippen LogP contribution in [-0.4, -0.2) is 5.71 Å². The van der Waals surface area contributed by atoms with Crippen LogP contribution in [-0.2, 0) is 0 Å². The molecule has 5 heteroatoms. The van der Waals surface area contributed by atoms with Gasteiger partial charge in [0.1, 0.15) is 24.6 Å². The van der Waals surface area contributed by atoms with Gasteiger partial charge in [0.15, 0.2) is 0 Å². The van der Waals surface area contributed by atoms with Crippen molar-refractivity contribution in [3.8, 4) is 11.8 Å². The number of ether oxygens (including phenoxy) is 1. The maximum absolute atomic E-state index is 10.4. The van der Waals surface area contributed by atoms with Crippen LogP contribution in [0, 0.1) is 11.3 Å². The van der Waals surface area contributed by atoms with Crippen LogP contribution in [0.4, 0.5) is 0 Å². The lowest BCUT2D eigenvalue weighted by molar-refractivity contribution is 0.425. The summed E-state index contributed by atoms with van der Waals surface area (Å²) in [7, 11) is -2.74. The Balaban J connectivity index is 1.68. The summed E-state index contributed by atoms with van der Waals surface area (Å²) in [6.45, 7) is 0. The molecule has 0 radical (unpaired) electrons. The molecule has 0 spiro atoms. The molecular formula is C32H22N3OP. The average Bonchev–Trinajstić information content (AvgIpc) is 2.98. The number of hydrogen-bond acceptors (Lipinski definition) is 4. The third-order valence-electron chi connectivity index (χ3n) is 6.28. The van der Waals surface area contributed by atoms with Crippen LogP contribution in [0.3, 0.4) is 0 Å². The van der Waals surface area contributed by atoms with E-state index in [1.165, 1.54) is 0 Å². The van der Waals surface area contributed by atoms with Crippen molar-refractivity contribution in [2.45, 2.75) is 0 Å². The van der Waals surface area contributed by atoms with Crippen molar-refractivity contribution in [2.75, 3.05) is 0 Å². The van der Waals surface area contributed by atoms with Gasteiger partial charge in [-0.05, 0) is 11.5 Å². The van der Waals surface area contributed by atoms with E-state index < -0.39 is 7.21 Å². The monoisotopic (exact) mass is 495 g/mol. The van der Waals surface area contributed by atoms with Gasteiger partial charge in [-0.15, -0.1) is 0 Å². The lowest BCUT2D eigenvalue weighted by atomic mass is 10.0. The zero-order valence-electron chi connectivity index (χ0n) is 19.9. The van der Waals surface area contributed by atoms with Gasteiger partial charge in [0, 0.05) is 21.6 Å². The van der Waals surface area contributed by atoms with Gasteiger partial charge in [0.25, 0.3) is 0 Å². The van der Waals surface area contributed by atoms with E-state index in [0.29, 0.717) is 17.0 Å². The molecule has 37 heavy (non-hydrogen) atoms. The summed E-state index contributed by atoms with van der Waals surface area (Å²) in [5, 5.41) is 14.4. The topological polar surface area (TPSA) is 57.7 Å². The molecule has 6 rings (SSSR count). The Hall–Kier alpha value is -4.71. The molecule has 0 unspecified atom stereocenters. The van der Waals surface area contributed by atoms with Crippen LogP contribution >= 0.6 is 7.21 Å². The molecule has 0 N–H and O–H groups in total. The number of benzene rings is 5. The van der Waals surface area contributed by atoms with E-state index in [2.05, 4.69) is 30.3 Å². The van der Waals surface area contributed by atoms with Gasteiger partial charge in [-0.2, -0.15) is 10.0 Å². The van der Waals surface area contributed by atoms with Crippen molar-refractivity contribution in [1.82, 2.24) is 0 Å². The first-order chi connectivity index (χ1) is 18.3. The molecule has 0 saturated heterocycles. The minimum atomic E-state index is -2.74. The molecule has 0 aliphatic carbocycles. The van der Waals surface area contributed by atoms with Gasteiger partial charge >= 0.3 is 0 Å². The summed E-state index contributed by atoms with van der Waals surface area (Å²) in [6, 6.07) is 46.3. The largest absolute Gasteiger partial charge is 0.437 e. The van der Waals surface area contributed by atoms with Crippen LogP contribution < -0.4 is 15.3 Å². The highest BCUT2D eigenvalue weighted by molar-refractivity contribution is 7.80. The molecule has 0 bridgehead atoms. The van der Waals surface area contributed by atoms with Gasteiger partial charge in [-0.1, -0.05) is 127 Å². The zero-order valence-corrected chi connectivity index (χ0v) is 20.8. The number of rotatable bonds is 5. The Labute approximate surface area is 215 Å². The predicted octanol–water partition coefficient (Wildman–Crippen LogP) is 7.22.